The average Bonchev–Trinajstić information content (AvgIpc) is 2.98. The Balaban J connectivity index is 1.79. The molecule has 0 radical (unpaired) electrons. The van der Waals surface area contributed by atoms with Gasteiger partial charge in [0, 0.05) is 25.3 Å². The molecule has 1 aromatic heterocycles. The summed E-state index contributed by atoms with van der Waals surface area (Å²) in [7, 11) is -3.43. The Kier molecular flexibility index (Phi) is 5.92. The Labute approximate surface area is 138 Å². The zero-order valence-corrected chi connectivity index (χ0v) is 14.5. The maximum Gasteiger partial charge on any atom is 0.240 e. The summed E-state index contributed by atoms with van der Waals surface area (Å²) in [6, 6.07) is 8.75. The van der Waals surface area contributed by atoms with Crippen molar-refractivity contribution in [2.24, 2.45) is 0 Å². The van der Waals surface area contributed by atoms with Gasteiger partial charge in [-0.15, -0.1) is 0 Å². The van der Waals surface area contributed by atoms with Crippen molar-refractivity contribution in [1.29, 1.82) is 0 Å². The van der Waals surface area contributed by atoms with Gasteiger partial charge in [0.25, 0.3) is 0 Å². The minimum Gasteiger partial charge on any atom is -0.311 e. The van der Waals surface area contributed by atoms with E-state index >= 15 is 0 Å². The fourth-order valence-electron chi connectivity index (χ4n) is 2.22. The van der Waals surface area contributed by atoms with Crippen LogP contribution in [0, 0.1) is 6.92 Å². The van der Waals surface area contributed by atoms with Crippen molar-refractivity contribution in [2.75, 3.05) is 13.1 Å². The quantitative estimate of drug-likeness (QED) is 0.720. The first-order valence-electron chi connectivity index (χ1n) is 7.69. The Morgan fingerprint density at radius 3 is 2.48 bits per heavy atom. The molecule has 2 aromatic rings. The summed E-state index contributed by atoms with van der Waals surface area (Å²) in [5.41, 5.74) is 1.12. The van der Waals surface area contributed by atoms with Gasteiger partial charge in [-0.1, -0.05) is 18.2 Å². The number of nitrogens with zero attached hydrogens (tertiary/aromatic N) is 2. The molecule has 23 heavy (non-hydrogen) atoms. The van der Waals surface area contributed by atoms with Gasteiger partial charge < -0.3 is 5.32 Å². The molecule has 0 aliphatic carbocycles. The summed E-state index contributed by atoms with van der Waals surface area (Å²) in [5.74, 6) is 0. The van der Waals surface area contributed by atoms with Gasteiger partial charge in [0.05, 0.1) is 17.1 Å². The van der Waals surface area contributed by atoms with E-state index in [9.17, 15) is 8.42 Å². The molecule has 0 saturated carbocycles. The summed E-state index contributed by atoms with van der Waals surface area (Å²) in [5, 5.41) is 7.64. The van der Waals surface area contributed by atoms with E-state index in [1.54, 1.807) is 30.3 Å². The number of aromatic nitrogens is 2. The summed E-state index contributed by atoms with van der Waals surface area (Å²) in [6.45, 7) is 7.04. The lowest BCUT2D eigenvalue weighted by Crippen LogP contribution is -2.39. The van der Waals surface area contributed by atoms with Crippen LogP contribution in [-0.2, 0) is 10.0 Å². The first-order chi connectivity index (χ1) is 10.9. The normalized spacial score (nSPS) is 14.6. The summed E-state index contributed by atoms with van der Waals surface area (Å²) in [4.78, 5) is 0.286. The zero-order chi connectivity index (χ0) is 16.9. The molecule has 0 amide bonds. The monoisotopic (exact) mass is 336 g/mol. The van der Waals surface area contributed by atoms with Crippen LogP contribution in [0.2, 0.25) is 0 Å². The van der Waals surface area contributed by atoms with E-state index in [1.807, 2.05) is 24.0 Å². The molecule has 0 unspecified atom stereocenters. The third kappa shape index (κ3) is 4.89. The molecule has 0 fully saturated rings. The van der Waals surface area contributed by atoms with Crippen LogP contribution in [0.3, 0.4) is 0 Å². The highest BCUT2D eigenvalue weighted by Gasteiger charge is 2.15. The molecule has 0 aliphatic heterocycles. The topological polar surface area (TPSA) is 76.0 Å². The molecule has 0 aliphatic rings. The Morgan fingerprint density at radius 2 is 1.87 bits per heavy atom. The number of sulfonamides is 1. The molecular formula is C16H24N4O2S. The van der Waals surface area contributed by atoms with Crippen molar-refractivity contribution in [3.8, 4) is 0 Å². The van der Waals surface area contributed by atoms with Crippen LogP contribution >= 0.6 is 0 Å². The van der Waals surface area contributed by atoms with Crippen LogP contribution in [0.15, 0.2) is 47.6 Å². The van der Waals surface area contributed by atoms with Crippen LogP contribution in [0.4, 0.5) is 0 Å². The number of benzene rings is 1. The molecule has 126 valence electrons. The van der Waals surface area contributed by atoms with Crippen LogP contribution in [0.25, 0.3) is 0 Å². The largest absolute Gasteiger partial charge is 0.311 e. The van der Waals surface area contributed by atoms with Crippen LogP contribution in [-0.4, -0.2) is 37.3 Å². The predicted molar refractivity (Wildman–Crippen MR) is 90.8 cm³/mol. The van der Waals surface area contributed by atoms with Crippen molar-refractivity contribution < 1.29 is 8.42 Å². The minimum atomic E-state index is -3.43. The summed E-state index contributed by atoms with van der Waals surface area (Å²) < 4.78 is 28.7. The van der Waals surface area contributed by atoms with E-state index in [0.717, 1.165) is 5.56 Å². The van der Waals surface area contributed by atoms with Gasteiger partial charge in [-0.25, -0.2) is 13.1 Å². The van der Waals surface area contributed by atoms with Gasteiger partial charge in [-0.3, -0.25) is 4.68 Å². The van der Waals surface area contributed by atoms with Gasteiger partial charge in [0.15, 0.2) is 0 Å². The second-order valence-corrected chi connectivity index (χ2v) is 7.46. The third-order valence-corrected chi connectivity index (χ3v) is 5.29. The molecule has 6 nitrogen and oxygen atoms in total. The standard InChI is InChI=1S/C16H24N4O2S/c1-13-11-18-20(12-13)15(3)14(2)17-9-10-19-23(21,22)16-7-5-4-6-8-16/h4-8,11-12,14-15,17,19H,9-10H2,1-3H3/t14-,15-/m0/s1. The Bertz CT molecular complexity index is 713. The van der Waals surface area contributed by atoms with Crippen molar-refractivity contribution in [3.63, 3.8) is 0 Å². The lowest BCUT2D eigenvalue weighted by atomic mass is 10.2. The van der Waals surface area contributed by atoms with E-state index in [1.165, 1.54) is 0 Å². The number of aryl methyl sites for hydroxylation is 1. The van der Waals surface area contributed by atoms with Gasteiger partial charge in [0.2, 0.25) is 10.0 Å². The van der Waals surface area contributed by atoms with E-state index in [-0.39, 0.29) is 17.0 Å². The van der Waals surface area contributed by atoms with Gasteiger partial charge in [-0.2, -0.15) is 5.10 Å². The van der Waals surface area contributed by atoms with E-state index in [0.29, 0.717) is 13.1 Å². The van der Waals surface area contributed by atoms with Crippen molar-refractivity contribution in [2.45, 2.75) is 37.8 Å². The second-order valence-electron chi connectivity index (χ2n) is 5.69. The highest BCUT2D eigenvalue weighted by atomic mass is 32.2. The SMILES string of the molecule is Cc1cnn([C@@H](C)[C@H](C)NCCNS(=O)(=O)c2ccccc2)c1. The predicted octanol–water partition coefficient (Wildman–Crippen LogP) is 1.71. The van der Waals surface area contributed by atoms with Crippen molar-refractivity contribution in [1.82, 2.24) is 19.8 Å². The molecule has 1 heterocycles. The smallest absolute Gasteiger partial charge is 0.240 e. The molecule has 0 spiro atoms. The highest BCUT2D eigenvalue weighted by Crippen LogP contribution is 2.10. The maximum atomic E-state index is 12.1. The number of rotatable bonds is 8. The number of hydrogen-bond donors (Lipinski definition) is 2. The van der Waals surface area contributed by atoms with Gasteiger partial charge in [-0.05, 0) is 38.5 Å². The van der Waals surface area contributed by atoms with Gasteiger partial charge >= 0.3 is 0 Å². The second kappa shape index (κ2) is 7.72. The molecule has 2 rings (SSSR count). The average molecular weight is 336 g/mol. The van der Waals surface area contributed by atoms with Crippen LogP contribution < -0.4 is 10.0 Å². The van der Waals surface area contributed by atoms with E-state index < -0.39 is 10.0 Å². The fraction of sp³-hybridized carbons (Fsp3) is 0.438. The van der Waals surface area contributed by atoms with Crippen LogP contribution in [0.5, 0.6) is 0 Å². The summed E-state index contributed by atoms with van der Waals surface area (Å²) in [6.07, 6.45) is 3.83. The third-order valence-electron chi connectivity index (χ3n) is 3.81. The fourth-order valence-corrected chi connectivity index (χ4v) is 3.28. The van der Waals surface area contributed by atoms with Crippen molar-refractivity contribution in [3.05, 3.63) is 48.3 Å². The molecule has 0 bridgehead atoms. The maximum absolute atomic E-state index is 12.1. The van der Waals surface area contributed by atoms with Gasteiger partial charge in [0.1, 0.15) is 0 Å². The molecule has 2 atom stereocenters. The Morgan fingerprint density at radius 1 is 1.17 bits per heavy atom. The van der Waals surface area contributed by atoms with E-state index in [2.05, 4.69) is 29.0 Å². The Hall–Kier alpha value is -1.70. The van der Waals surface area contributed by atoms with Crippen LogP contribution in [0.1, 0.15) is 25.5 Å². The molecule has 2 N–H and O–H groups in total. The lowest BCUT2D eigenvalue weighted by Gasteiger charge is -2.22. The first kappa shape index (κ1) is 17.7. The minimum absolute atomic E-state index is 0.176. The molecule has 7 heteroatoms. The number of nitrogens with one attached hydrogen (secondary N) is 2. The summed E-state index contributed by atoms with van der Waals surface area (Å²) >= 11 is 0. The molecule has 0 saturated heterocycles. The van der Waals surface area contributed by atoms with E-state index in [4.69, 9.17) is 0 Å². The highest BCUT2D eigenvalue weighted by molar-refractivity contribution is 7.89. The lowest BCUT2D eigenvalue weighted by molar-refractivity contribution is 0.368. The number of hydrogen-bond acceptors (Lipinski definition) is 4. The first-order valence-corrected chi connectivity index (χ1v) is 9.17. The molecule has 1 aromatic carbocycles. The van der Waals surface area contributed by atoms with Crippen molar-refractivity contribution >= 4 is 10.0 Å². The molecular weight excluding hydrogens is 312 g/mol. The zero-order valence-electron chi connectivity index (χ0n) is 13.7.